The quantitative estimate of drug-likeness (QED) is 0.758. The average molecular weight is 330 g/mol. The fourth-order valence-electron chi connectivity index (χ4n) is 3.50. The van der Waals surface area contributed by atoms with E-state index in [1.54, 1.807) is 18.2 Å². The van der Waals surface area contributed by atoms with Gasteiger partial charge in [-0.25, -0.2) is 0 Å². The zero-order valence-electron chi connectivity index (χ0n) is 13.6. The van der Waals surface area contributed by atoms with Gasteiger partial charge in [-0.3, -0.25) is 9.59 Å². The molecule has 0 unspecified atom stereocenters. The van der Waals surface area contributed by atoms with Gasteiger partial charge in [-0.2, -0.15) is 0 Å². The SMILES string of the molecule is COc1ccc2[nH]cc(C(=O)N3[C@H](CN)CC[C@@H]3CC(N)=O)c2c1. The first-order valence-electron chi connectivity index (χ1n) is 8.01. The number of primary amides is 1. The largest absolute Gasteiger partial charge is 0.497 e. The van der Waals surface area contributed by atoms with Crippen LogP contribution in [0.5, 0.6) is 5.75 Å². The van der Waals surface area contributed by atoms with E-state index in [2.05, 4.69) is 4.98 Å². The van der Waals surface area contributed by atoms with Crippen LogP contribution in [0.1, 0.15) is 29.6 Å². The van der Waals surface area contributed by atoms with E-state index in [9.17, 15) is 9.59 Å². The second-order valence-electron chi connectivity index (χ2n) is 6.12. The molecule has 0 bridgehead atoms. The van der Waals surface area contributed by atoms with Crippen LogP contribution in [0.15, 0.2) is 24.4 Å². The Bertz CT molecular complexity index is 770. The van der Waals surface area contributed by atoms with E-state index in [-0.39, 0.29) is 24.4 Å². The zero-order chi connectivity index (χ0) is 17.3. The van der Waals surface area contributed by atoms with Crippen molar-refractivity contribution < 1.29 is 14.3 Å². The van der Waals surface area contributed by atoms with Gasteiger partial charge in [-0.05, 0) is 31.0 Å². The van der Waals surface area contributed by atoms with E-state index in [0.717, 1.165) is 23.7 Å². The molecule has 1 aromatic heterocycles. The highest BCUT2D eigenvalue weighted by atomic mass is 16.5. The van der Waals surface area contributed by atoms with Gasteiger partial charge in [-0.1, -0.05) is 0 Å². The maximum atomic E-state index is 13.1. The molecule has 1 aromatic carbocycles. The number of ether oxygens (including phenoxy) is 1. The van der Waals surface area contributed by atoms with Crippen LogP contribution in [-0.2, 0) is 4.79 Å². The molecule has 1 saturated heterocycles. The predicted molar refractivity (Wildman–Crippen MR) is 90.7 cm³/mol. The van der Waals surface area contributed by atoms with Crippen molar-refractivity contribution in [3.05, 3.63) is 30.0 Å². The standard InChI is InChI=1S/C17H22N4O3/c1-24-12-4-5-15-13(7-12)14(9-20-15)17(23)21-10(6-16(19)22)2-3-11(21)8-18/h4-5,7,9-11,20H,2-3,6,8,18H2,1H3,(H2,19,22)/t10-,11+/m1/s1. The van der Waals surface area contributed by atoms with Crippen LogP contribution in [0.4, 0.5) is 0 Å². The number of nitrogens with two attached hydrogens (primary N) is 2. The molecule has 0 radical (unpaired) electrons. The van der Waals surface area contributed by atoms with Crippen molar-refractivity contribution in [3.8, 4) is 5.75 Å². The Labute approximate surface area is 139 Å². The lowest BCUT2D eigenvalue weighted by Gasteiger charge is -2.29. The third-order valence-electron chi connectivity index (χ3n) is 4.68. The minimum atomic E-state index is -0.406. The van der Waals surface area contributed by atoms with Gasteiger partial charge >= 0.3 is 0 Å². The number of carbonyl (C=O) groups is 2. The highest BCUT2D eigenvalue weighted by Gasteiger charge is 2.37. The van der Waals surface area contributed by atoms with Crippen molar-refractivity contribution in [3.63, 3.8) is 0 Å². The van der Waals surface area contributed by atoms with Gasteiger partial charge in [0.25, 0.3) is 5.91 Å². The summed E-state index contributed by atoms with van der Waals surface area (Å²) in [6.45, 7) is 0.368. The number of fused-ring (bicyclic) bond motifs is 1. The van der Waals surface area contributed by atoms with Crippen molar-refractivity contribution in [1.82, 2.24) is 9.88 Å². The van der Waals surface area contributed by atoms with Gasteiger partial charge in [0.1, 0.15) is 5.75 Å². The number of aromatic nitrogens is 1. The summed E-state index contributed by atoms with van der Waals surface area (Å²) in [4.78, 5) is 29.3. The Morgan fingerprint density at radius 2 is 2.08 bits per heavy atom. The number of likely N-dealkylation sites (tertiary alicyclic amines) is 1. The molecule has 0 saturated carbocycles. The smallest absolute Gasteiger partial charge is 0.256 e. The van der Waals surface area contributed by atoms with Crippen molar-refractivity contribution in [2.75, 3.05) is 13.7 Å². The van der Waals surface area contributed by atoms with Crippen LogP contribution in [-0.4, -0.2) is 47.4 Å². The van der Waals surface area contributed by atoms with Gasteiger partial charge in [0.05, 0.1) is 12.7 Å². The summed E-state index contributed by atoms with van der Waals surface area (Å²) in [6.07, 6.45) is 3.38. The predicted octanol–water partition coefficient (Wildman–Crippen LogP) is 0.984. The Morgan fingerprint density at radius 1 is 1.33 bits per heavy atom. The first kappa shape index (κ1) is 16.3. The number of methoxy groups -OCH3 is 1. The molecule has 0 spiro atoms. The van der Waals surface area contributed by atoms with Gasteiger partial charge in [0.2, 0.25) is 5.91 Å². The minimum absolute atomic E-state index is 0.0718. The van der Waals surface area contributed by atoms with Crippen molar-refractivity contribution in [2.45, 2.75) is 31.3 Å². The summed E-state index contributed by atoms with van der Waals surface area (Å²) < 4.78 is 5.25. The zero-order valence-corrected chi connectivity index (χ0v) is 13.6. The maximum absolute atomic E-state index is 13.1. The molecule has 3 rings (SSSR count). The highest BCUT2D eigenvalue weighted by molar-refractivity contribution is 6.07. The Kier molecular flexibility index (Phi) is 4.44. The molecule has 2 aromatic rings. The van der Waals surface area contributed by atoms with Gasteiger partial charge in [0.15, 0.2) is 0 Å². The number of hydrogen-bond donors (Lipinski definition) is 3. The highest BCUT2D eigenvalue weighted by Crippen LogP contribution is 2.31. The van der Waals surface area contributed by atoms with Crippen molar-refractivity contribution in [2.24, 2.45) is 11.5 Å². The summed E-state index contributed by atoms with van der Waals surface area (Å²) in [5, 5.41) is 0.792. The van der Waals surface area contributed by atoms with E-state index in [4.69, 9.17) is 16.2 Å². The summed E-state index contributed by atoms with van der Waals surface area (Å²) in [5.41, 5.74) is 12.6. The van der Waals surface area contributed by atoms with E-state index in [1.807, 2.05) is 18.2 Å². The molecular formula is C17H22N4O3. The number of benzene rings is 1. The fourth-order valence-corrected chi connectivity index (χ4v) is 3.50. The Hall–Kier alpha value is -2.54. The first-order chi connectivity index (χ1) is 11.5. The van der Waals surface area contributed by atoms with Crippen LogP contribution in [0.25, 0.3) is 10.9 Å². The lowest BCUT2D eigenvalue weighted by atomic mass is 10.1. The summed E-state index contributed by atoms with van der Waals surface area (Å²) in [5.74, 6) is 0.145. The lowest BCUT2D eigenvalue weighted by Crippen LogP contribution is -2.45. The Balaban J connectivity index is 1.98. The lowest BCUT2D eigenvalue weighted by molar-refractivity contribution is -0.118. The molecule has 24 heavy (non-hydrogen) atoms. The Morgan fingerprint density at radius 3 is 2.75 bits per heavy atom. The molecule has 7 heteroatoms. The van der Waals surface area contributed by atoms with Gasteiger partial charge < -0.3 is 26.1 Å². The summed E-state index contributed by atoms with van der Waals surface area (Å²) in [6, 6.07) is 5.27. The molecule has 2 atom stereocenters. The number of hydrogen-bond acceptors (Lipinski definition) is 4. The molecule has 0 aliphatic carbocycles. The van der Waals surface area contributed by atoms with Crippen molar-refractivity contribution in [1.29, 1.82) is 0 Å². The third kappa shape index (κ3) is 2.82. The number of rotatable bonds is 5. The van der Waals surface area contributed by atoms with Gasteiger partial charge in [-0.15, -0.1) is 0 Å². The fraction of sp³-hybridized carbons (Fsp3) is 0.412. The summed E-state index contributed by atoms with van der Waals surface area (Å²) in [7, 11) is 1.59. The van der Waals surface area contributed by atoms with Crippen LogP contribution in [0.2, 0.25) is 0 Å². The van der Waals surface area contributed by atoms with Crippen LogP contribution >= 0.6 is 0 Å². The third-order valence-corrected chi connectivity index (χ3v) is 4.68. The normalized spacial score (nSPS) is 20.5. The van der Waals surface area contributed by atoms with E-state index in [0.29, 0.717) is 17.9 Å². The molecule has 128 valence electrons. The van der Waals surface area contributed by atoms with Crippen LogP contribution < -0.4 is 16.2 Å². The van der Waals surface area contributed by atoms with Gasteiger partial charge in [0, 0.05) is 42.1 Å². The van der Waals surface area contributed by atoms with Crippen LogP contribution in [0.3, 0.4) is 0 Å². The maximum Gasteiger partial charge on any atom is 0.256 e. The monoisotopic (exact) mass is 330 g/mol. The average Bonchev–Trinajstić information content (AvgIpc) is 3.16. The summed E-state index contributed by atoms with van der Waals surface area (Å²) >= 11 is 0. The number of aromatic amines is 1. The number of carbonyl (C=O) groups excluding carboxylic acids is 2. The number of nitrogens with zero attached hydrogens (tertiary/aromatic N) is 1. The molecule has 1 fully saturated rings. The molecule has 2 heterocycles. The molecule has 1 aliphatic heterocycles. The topological polar surface area (TPSA) is 114 Å². The minimum Gasteiger partial charge on any atom is -0.497 e. The van der Waals surface area contributed by atoms with E-state index < -0.39 is 5.91 Å². The molecular weight excluding hydrogens is 308 g/mol. The molecule has 1 aliphatic rings. The van der Waals surface area contributed by atoms with Crippen molar-refractivity contribution >= 4 is 22.7 Å². The number of amides is 2. The second-order valence-corrected chi connectivity index (χ2v) is 6.12. The van der Waals surface area contributed by atoms with E-state index in [1.165, 1.54) is 0 Å². The first-order valence-corrected chi connectivity index (χ1v) is 8.01. The second kappa shape index (κ2) is 6.52. The molecule has 7 nitrogen and oxygen atoms in total. The molecule has 2 amide bonds. The number of H-pyrrole nitrogens is 1. The van der Waals surface area contributed by atoms with E-state index >= 15 is 0 Å². The van der Waals surface area contributed by atoms with Crippen LogP contribution in [0, 0.1) is 0 Å². The number of nitrogens with one attached hydrogen (secondary N) is 1. The molecule has 5 N–H and O–H groups in total.